The highest BCUT2D eigenvalue weighted by molar-refractivity contribution is 5.81. The molecule has 1 saturated heterocycles. The first-order valence-electron chi connectivity index (χ1n) is 8.87. The van der Waals surface area contributed by atoms with Crippen molar-refractivity contribution in [1.29, 1.82) is 5.26 Å². The van der Waals surface area contributed by atoms with Gasteiger partial charge in [0.25, 0.3) is 0 Å². The summed E-state index contributed by atoms with van der Waals surface area (Å²) in [4.78, 5) is 11.7. The second-order valence-electron chi connectivity index (χ2n) is 6.86. The van der Waals surface area contributed by atoms with Crippen molar-refractivity contribution in [3.63, 3.8) is 0 Å². The van der Waals surface area contributed by atoms with E-state index in [0.29, 0.717) is 18.0 Å². The Morgan fingerprint density at radius 3 is 2.17 bits per heavy atom. The minimum absolute atomic E-state index is 0.131. The molecule has 0 radical (unpaired) electrons. The van der Waals surface area contributed by atoms with E-state index < -0.39 is 0 Å². The van der Waals surface area contributed by atoms with Crippen molar-refractivity contribution in [2.45, 2.75) is 58.8 Å². The summed E-state index contributed by atoms with van der Waals surface area (Å²) < 4.78 is 0. The Morgan fingerprint density at radius 2 is 1.71 bits per heavy atom. The molecule has 0 bridgehead atoms. The molecule has 0 amide bonds. The molecule has 0 aromatic rings. The van der Waals surface area contributed by atoms with Crippen molar-refractivity contribution >= 4 is 5.96 Å². The minimum Gasteiger partial charge on any atom is -0.333 e. The van der Waals surface area contributed by atoms with Gasteiger partial charge in [-0.15, -0.1) is 0 Å². The molecule has 1 fully saturated rings. The maximum Gasteiger partial charge on any atom is 0.199 e. The quantitative estimate of drug-likeness (QED) is 0.592. The molecule has 0 aliphatic carbocycles. The van der Waals surface area contributed by atoms with Crippen LogP contribution >= 0.6 is 0 Å². The SMILES string of the molecule is C=CNC(=N[C@@H](C)C(C)N1CCN(C(C)C)CC1)N(C)C(C)C#N. The van der Waals surface area contributed by atoms with E-state index in [1.54, 1.807) is 6.20 Å². The number of rotatable bonds is 6. The average Bonchev–Trinajstić information content (AvgIpc) is 2.59. The Labute approximate surface area is 147 Å². The topological polar surface area (TPSA) is 57.9 Å². The highest BCUT2D eigenvalue weighted by atomic mass is 15.3. The molecule has 136 valence electrons. The van der Waals surface area contributed by atoms with E-state index in [-0.39, 0.29) is 12.1 Å². The van der Waals surface area contributed by atoms with E-state index in [1.165, 1.54) is 0 Å². The smallest absolute Gasteiger partial charge is 0.199 e. The van der Waals surface area contributed by atoms with Gasteiger partial charge in [-0.3, -0.25) is 9.80 Å². The van der Waals surface area contributed by atoms with Crippen LogP contribution in [-0.4, -0.2) is 78.1 Å². The van der Waals surface area contributed by atoms with Gasteiger partial charge in [0.2, 0.25) is 0 Å². The van der Waals surface area contributed by atoms with Gasteiger partial charge in [0.05, 0.1) is 12.1 Å². The summed E-state index contributed by atoms with van der Waals surface area (Å²) >= 11 is 0. The molecule has 0 spiro atoms. The number of aliphatic imine (C=N–C) groups is 1. The Hall–Kier alpha value is -1.58. The molecular weight excluding hydrogens is 300 g/mol. The van der Waals surface area contributed by atoms with Crippen LogP contribution in [0.25, 0.3) is 0 Å². The first kappa shape index (κ1) is 20.5. The summed E-state index contributed by atoms with van der Waals surface area (Å²) in [5.41, 5.74) is 0. The fraction of sp³-hybridized carbons (Fsp3) is 0.778. The van der Waals surface area contributed by atoms with E-state index in [9.17, 15) is 0 Å². The summed E-state index contributed by atoms with van der Waals surface area (Å²) in [5, 5.41) is 12.2. The van der Waals surface area contributed by atoms with Crippen LogP contribution in [0.3, 0.4) is 0 Å². The largest absolute Gasteiger partial charge is 0.333 e. The minimum atomic E-state index is -0.242. The lowest BCUT2D eigenvalue weighted by molar-refractivity contribution is 0.0770. The number of hydrogen-bond donors (Lipinski definition) is 1. The standard InChI is InChI=1S/C18H34N6/c1-8-20-18(22(7)15(4)13-19)21-16(5)17(6)24-11-9-23(10-12-24)14(2)3/h8,14-17H,1,9-12H2,2-7H3,(H,20,21)/t15?,16-,17?/m0/s1. The summed E-state index contributed by atoms with van der Waals surface area (Å²) in [5.74, 6) is 0.694. The lowest BCUT2D eigenvalue weighted by atomic mass is 10.1. The number of guanidine groups is 1. The third kappa shape index (κ3) is 5.50. The van der Waals surface area contributed by atoms with E-state index in [4.69, 9.17) is 10.3 Å². The van der Waals surface area contributed by atoms with E-state index in [2.05, 4.69) is 55.5 Å². The number of nitrogens with one attached hydrogen (secondary N) is 1. The second kappa shape index (κ2) is 9.65. The number of piperazine rings is 1. The van der Waals surface area contributed by atoms with Gasteiger partial charge >= 0.3 is 0 Å². The Bertz CT molecular complexity index is 459. The summed E-state index contributed by atoms with van der Waals surface area (Å²) in [7, 11) is 1.88. The van der Waals surface area contributed by atoms with Crippen molar-refractivity contribution in [3.8, 4) is 6.07 Å². The third-order valence-corrected chi connectivity index (χ3v) is 5.01. The Morgan fingerprint density at radius 1 is 1.17 bits per heavy atom. The van der Waals surface area contributed by atoms with Crippen molar-refractivity contribution in [2.75, 3.05) is 33.2 Å². The Balaban J connectivity index is 2.73. The fourth-order valence-corrected chi connectivity index (χ4v) is 2.86. The van der Waals surface area contributed by atoms with Gasteiger partial charge in [0.15, 0.2) is 5.96 Å². The fourth-order valence-electron chi connectivity index (χ4n) is 2.86. The summed E-state index contributed by atoms with van der Waals surface area (Å²) in [6.07, 6.45) is 1.61. The molecule has 1 aliphatic rings. The molecule has 24 heavy (non-hydrogen) atoms. The van der Waals surface area contributed by atoms with Gasteiger partial charge in [-0.1, -0.05) is 6.58 Å². The molecule has 1 N–H and O–H groups in total. The van der Waals surface area contributed by atoms with Crippen molar-refractivity contribution < 1.29 is 0 Å². The van der Waals surface area contributed by atoms with Gasteiger partial charge in [0, 0.05) is 45.3 Å². The molecule has 0 aromatic heterocycles. The molecule has 6 heteroatoms. The predicted molar refractivity (Wildman–Crippen MR) is 101 cm³/mol. The van der Waals surface area contributed by atoms with Crippen molar-refractivity contribution in [2.24, 2.45) is 4.99 Å². The molecule has 0 aromatic carbocycles. The molecule has 6 nitrogen and oxygen atoms in total. The van der Waals surface area contributed by atoms with E-state index in [0.717, 1.165) is 26.2 Å². The van der Waals surface area contributed by atoms with Gasteiger partial charge in [-0.2, -0.15) is 5.26 Å². The van der Waals surface area contributed by atoms with Gasteiger partial charge in [0.1, 0.15) is 6.04 Å². The molecule has 1 rings (SSSR count). The third-order valence-electron chi connectivity index (χ3n) is 5.01. The first-order chi connectivity index (χ1) is 11.3. The van der Waals surface area contributed by atoms with Crippen LogP contribution in [0.2, 0.25) is 0 Å². The average molecular weight is 335 g/mol. The lowest BCUT2D eigenvalue weighted by Crippen LogP contribution is -2.53. The molecule has 2 unspecified atom stereocenters. The maximum atomic E-state index is 9.13. The van der Waals surface area contributed by atoms with Crippen LogP contribution in [0.1, 0.15) is 34.6 Å². The number of nitriles is 1. The van der Waals surface area contributed by atoms with Gasteiger partial charge in [-0.05, 0) is 40.8 Å². The van der Waals surface area contributed by atoms with Crippen LogP contribution in [0.4, 0.5) is 0 Å². The van der Waals surface area contributed by atoms with Crippen LogP contribution in [-0.2, 0) is 0 Å². The van der Waals surface area contributed by atoms with Crippen LogP contribution in [0, 0.1) is 11.3 Å². The lowest BCUT2D eigenvalue weighted by Gasteiger charge is -2.41. The van der Waals surface area contributed by atoms with Gasteiger partial charge in [-0.25, -0.2) is 4.99 Å². The number of hydrogen-bond acceptors (Lipinski definition) is 4. The molecular formula is C18H34N6. The van der Waals surface area contributed by atoms with E-state index in [1.807, 2.05) is 18.9 Å². The predicted octanol–water partition coefficient (Wildman–Crippen LogP) is 1.72. The summed E-state index contributed by atoms with van der Waals surface area (Å²) in [6, 6.07) is 3.10. The zero-order valence-electron chi connectivity index (χ0n) is 16.2. The van der Waals surface area contributed by atoms with E-state index >= 15 is 0 Å². The monoisotopic (exact) mass is 334 g/mol. The van der Waals surface area contributed by atoms with Crippen LogP contribution in [0.5, 0.6) is 0 Å². The summed E-state index contributed by atoms with van der Waals surface area (Å²) in [6.45, 7) is 18.8. The number of nitrogens with zero attached hydrogens (tertiary/aromatic N) is 5. The second-order valence-corrected chi connectivity index (χ2v) is 6.86. The Kier molecular flexibility index (Phi) is 8.23. The highest BCUT2D eigenvalue weighted by Crippen LogP contribution is 2.13. The van der Waals surface area contributed by atoms with Gasteiger partial charge < -0.3 is 10.2 Å². The molecule has 3 atom stereocenters. The molecule has 0 saturated carbocycles. The zero-order valence-corrected chi connectivity index (χ0v) is 16.2. The van der Waals surface area contributed by atoms with Crippen LogP contribution in [0.15, 0.2) is 17.8 Å². The zero-order chi connectivity index (χ0) is 18.3. The normalized spacial score (nSPS) is 21.0. The molecule has 1 heterocycles. The molecule has 1 aliphatic heterocycles. The first-order valence-corrected chi connectivity index (χ1v) is 8.87. The van der Waals surface area contributed by atoms with Crippen LogP contribution < -0.4 is 5.32 Å². The van der Waals surface area contributed by atoms with Crippen molar-refractivity contribution in [1.82, 2.24) is 20.0 Å². The maximum absolute atomic E-state index is 9.13. The highest BCUT2D eigenvalue weighted by Gasteiger charge is 2.26. The van der Waals surface area contributed by atoms with Crippen molar-refractivity contribution in [3.05, 3.63) is 12.8 Å².